The average Bonchev–Trinajstić information content (AvgIpc) is 3.22. The van der Waals surface area contributed by atoms with Gasteiger partial charge in [-0.25, -0.2) is 28.7 Å². The van der Waals surface area contributed by atoms with E-state index in [-0.39, 0.29) is 23.2 Å². The van der Waals surface area contributed by atoms with E-state index in [2.05, 4.69) is 33.3 Å². The second kappa shape index (κ2) is 10.1. The zero-order chi connectivity index (χ0) is 26.3. The molecule has 1 aliphatic rings. The Morgan fingerprint density at radius 2 is 1.76 bits per heavy atom. The van der Waals surface area contributed by atoms with Crippen LogP contribution in [0.25, 0.3) is 22.3 Å². The largest absolute Gasteiger partial charge is 0.326 e. The van der Waals surface area contributed by atoms with Gasteiger partial charge in [-0.3, -0.25) is 0 Å². The summed E-state index contributed by atoms with van der Waals surface area (Å²) in [6.45, 7) is 10.1. The van der Waals surface area contributed by atoms with Crippen LogP contribution in [-0.4, -0.2) is 24.5 Å². The fourth-order valence-corrected chi connectivity index (χ4v) is 5.76. The minimum absolute atomic E-state index is 0.0217. The summed E-state index contributed by atoms with van der Waals surface area (Å²) in [5.74, 6) is 1.76. The number of hydrogen-bond acceptors (Lipinski definition) is 5. The molecule has 0 spiro atoms. The van der Waals surface area contributed by atoms with Crippen molar-refractivity contribution in [3.05, 3.63) is 59.2 Å². The first-order valence-corrected chi connectivity index (χ1v) is 13.2. The predicted molar refractivity (Wildman–Crippen MR) is 143 cm³/mol. The lowest BCUT2D eigenvalue weighted by Gasteiger charge is -2.28. The molecule has 1 N–H and O–H groups in total. The lowest BCUT2D eigenvalue weighted by atomic mass is 9.77. The molecule has 1 fully saturated rings. The van der Waals surface area contributed by atoms with Crippen molar-refractivity contribution in [2.24, 2.45) is 5.92 Å². The highest BCUT2D eigenvalue weighted by Crippen LogP contribution is 2.38. The molecule has 8 heteroatoms. The molecule has 0 saturated heterocycles. The molecule has 1 aliphatic carbocycles. The van der Waals surface area contributed by atoms with Crippen LogP contribution in [0, 0.1) is 31.4 Å². The molecule has 0 radical (unpaired) electrons. The van der Waals surface area contributed by atoms with Crippen LogP contribution in [0.1, 0.15) is 81.9 Å². The monoisotopic (exact) mass is 504 g/mol. The first-order chi connectivity index (χ1) is 17.7. The molecular formula is C29H34F2N6. The van der Waals surface area contributed by atoms with Crippen molar-refractivity contribution < 1.29 is 8.78 Å². The van der Waals surface area contributed by atoms with E-state index in [9.17, 15) is 8.78 Å². The van der Waals surface area contributed by atoms with Gasteiger partial charge >= 0.3 is 0 Å². The number of anilines is 2. The van der Waals surface area contributed by atoms with E-state index in [0.29, 0.717) is 28.6 Å². The topological polar surface area (TPSA) is 68.5 Å². The molecule has 1 aromatic carbocycles. The standard InChI is InChI=1S/C29H34F2N6/c1-6-19-7-9-20(10-8-19)22-11-12-26(33-17(22)4)35-29-32-15-24(31)27(36-29)21-13-23(30)28-25(14-21)37(16(2)3)18(5)34-28/h11-16,19-20H,6-10H2,1-5H3,(H,32,33,35,36). The van der Waals surface area contributed by atoms with Crippen LogP contribution < -0.4 is 5.32 Å². The number of aromatic nitrogens is 5. The van der Waals surface area contributed by atoms with Crippen molar-refractivity contribution >= 4 is 22.8 Å². The summed E-state index contributed by atoms with van der Waals surface area (Å²) in [5, 5.41) is 3.10. The van der Waals surface area contributed by atoms with E-state index < -0.39 is 11.6 Å². The second-order valence-corrected chi connectivity index (χ2v) is 10.5. The van der Waals surface area contributed by atoms with E-state index in [1.807, 2.05) is 38.3 Å². The molecule has 1 saturated carbocycles. The Labute approximate surface area is 216 Å². The van der Waals surface area contributed by atoms with Crippen LogP contribution >= 0.6 is 0 Å². The number of pyridine rings is 1. The predicted octanol–water partition coefficient (Wildman–Crippen LogP) is 7.79. The van der Waals surface area contributed by atoms with Crippen LogP contribution in [0.3, 0.4) is 0 Å². The van der Waals surface area contributed by atoms with Crippen LogP contribution in [0.15, 0.2) is 30.5 Å². The Morgan fingerprint density at radius 3 is 2.43 bits per heavy atom. The van der Waals surface area contributed by atoms with E-state index in [1.165, 1.54) is 43.7 Å². The van der Waals surface area contributed by atoms with Gasteiger partial charge in [-0.15, -0.1) is 0 Å². The number of rotatable bonds is 6. The van der Waals surface area contributed by atoms with E-state index >= 15 is 0 Å². The maximum atomic E-state index is 15.0. The molecule has 0 atom stereocenters. The number of hydrogen-bond donors (Lipinski definition) is 1. The summed E-state index contributed by atoms with van der Waals surface area (Å²) < 4.78 is 31.8. The third-order valence-electron chi connectivity index (χ3n) is 7.69. The zero-order valence-electron chi connectivity index (χ0n) is 22.1. The summed E-state index contributed by atoms with van der Waals surface area (Å²) in [7, 11) is 0. The third-order valence-corrected chi connectivity index (χ3v) is 7.69. The molecule has 0 bridgehead atoms. The molecule has 194 valence electrons. The molecule has 6 nitrogen and oxygen atoms in total. The van der Waals surface area contributed by atoms with E-state index in [4.69, 9.17) is 4.98 Å². The van der Waals surface area contributed by atoms with Gasteiger partial charge in [0.2, 0.25) is 5.95 Å². The van der Waals surface area contributed by atoms with Crippen LogP contribution in [-0.2, 0) is 0 Å². The Hall–Kier alpha value is -3.42. The van der Waals surface area contributed by atoms with Crippen LogP contribution in [0.4, 0.5) is 20.5 Å². The van der Waals surface area contributed by atoms with Gasteiger partial charge < -0.3 is 9.88 Å². The van der Waals surface area contributed by atoms with Crippen molar-refractivity contribution in [1.29, 1.82) is 0 Å². The van der Waals surface area contributed by atoms with Crippen LogP contribution in [0.5, 0.6) is 0 Å². The lowest BCUT2D eigenvalue weighted by molar-refractivity contribution is 0.318. The second-order valence-electron chi connectivity index (χ2n) is 10.5. The number of halogens is 2. The summed E-state index contributed by atoms with van der Waals surface area (Å²) in [5.41, 5.74) is 3.51. The number of nitrogens with zero attached hydrogens (tertiary/aromatic N) is 5. The van der Waals surface area contributed by atoms with Crippen LogP contribution in [0.2, 0.25) is 0 Å². The van der Waals surface area contributed by atoms with Gasteiger partial charge in [0.15, 0.2) is 11.6 Å². The molecule has 0 amide bonds. The minimum Gasteiger partial charge on any atom is -0.326 e. The van der Waals surface area contributed by atoms with Gasteiger partial charge in [0.05, 0.1) is 11.7 Å². The van der Waals surface area contributed by atoms with E-state index in [0.717, 1.165) is 17.8 Å². The SMILES string of the molecule is CCC1CCC(c2ccc(Nc3ncc(F)c(-c4cc(F)c5nc(C)n(C(C)C)c5c4)n3)nc2C)CC1. The molecule has 3 aromatic heterocycles. The number of nitrogens with one attached hydrogen (secondary N) is 1. The summed E-state index contributed by atoms with van der Waals surface area (Å²) in [4.78, 5) is 17.6. The molecule has 3 heterocycles. The number of imidazole rings is 1. The fraction of sp³-hybridized carbons (Fsp3) is 0.448. The normalized spacial score (nSPS) is 18.1. The highest BCUT2D eigenvalue weighted by Gasteiger charge is 2.23. The fourth-order valence-electron chi connectivity index (χ4n) is 5.76. The van der Waals surface area contributed by atoms with Gasteiger partial charge in [0.25, 0.3) is 0 Å². The van der Waals surface area contributed by atoms with Gasteiger partial charge in [-0.1, -0.05) is 19.4 Å². The van der Waals surface area contributed by atoms with E-state index in [1.54, 1.807) is 6.07 Å². The van der Waals surface area contributed by atoms with Gasteiger partial charge in [-0.05, 0) is 89.0 Å². The Kier molecular flexibility index (Phi) is 6.92. The highest BCUT2D eigenvalue weighted by atomic mass is 19.1. The highest BCUT2D eigenvalue weighted by molar-refractivity contribution is 5.83. The van der Waals surface area contributed by atoms with Gasteiger partial charge in [0, 0.05) is 17.3 Å². The molecule has 37 heavy (non-hydrogen) atoms. The van der Waals surface area contributed by atoms with Crippen molar-refractivity contribution in [1.82, 2.24) is 24.5 Å². The summed E-state index contributed by atoms with van der Waals surface area (Å²) >= 11 is 0. The van der Waals surface area contributed by atoms with Gasteiger partial charge in [-0.2, -0.15) is 0 Å². The van der Waals surface area contributed by atoms with Gasteiger partial charge in [0.1, 0.15) is 22.9 Å². The number of fused-ring (bicyclic) bond motifs is 1. The molecular weight excluding hydrogens is 470 g/mol. The summed E-state index contributed by atoms with van der Waals surface area (Å²) in [6.07, 6.45) is 7.31. The lowest BCUT2D eigenvalue weighted by Crippen LogP contribution is -2.14. The Bertz CT molecular complexity index is 1440. The quantitative estimate of drug-likeness (QED) is 0.290. The maximum Gasteiger partial charge on any atom is 0.229 e. The molecule has 5 rings (SSSR count). The Morgan fingerprint density at radius 1 is 1.00 bits per heavy atom. The molecule has 4 aromatic rings. The number of aryl methyl sites for hydroxylation is 2. The maximum absolute atomic E-state index is 15.0. The van der Waals surface area contributed by atoms with Crippen molar-refractivity contribution in [3.63, 3.8) is 0 Å². The van der Waals surface area contributed by atoms with Crippen molar-refractivity contribution in [2.45, 2.75) is 78.7 Å². The number of benzene rings is 1. The van der Waals surface area contributed by atoms with Crippen molar-refractivity contribution in [3.8, 4) is 11.3 Å². The Balaban J connectivity index is 1.42. The first kappa shape index (κ1) is 25.2. The molecule has 0 aliphatic heterocycles. The average molecular weight is 505 g/mol. The molecule has 0 unspecified atom stereocenters. The smallest absolute Gasteiger partial charge is 0.229 e. The third kappa shape index (κ3) is 4.93. The summed E-state index contributed by atoms with van der Waals surface area (Å²) in [6, 6.07) is 7.14. The first-order valence-electron chi connectivity index (χ1n) is 13.2. The van der Waals surface area contributed by atoms with Crippen molar-refractivity contribution in [2.75, 3.05) is 5.32 Å². The minimum atomic E-state index is -0.626. The zero-order valence-corrected chi connectivity index (χ0v) is 22.1.